The highest BCUT2D eigenvalue weighted by Gasteiger charge is 2.30. The second kappa shape index (κ2) is 7.29. The molecule has 7 nitrogen and oxygen atoms in total. The van der Waals surface area contributed by atoms with E-state index in [9.17, 15) is 18.0 Å². The molecule has 1 atom stereocenters. The van der Waals surface area contributed by atoms with Crippen LogP contribution in [0.1, 0.15) is 39.0 Å². The molecule has 2 saturated heterocycles. The summed E-state index contributed by atoms with van der Waals surface area (Å²) >= 11 is 0. The van der Waals surface area contributed by atoms with Crippen molar-refractivity contribution in [3.05, 3.63) is 28.7 Å². The number of carbonyl (C=O) groups is 1. The Hall–Kier alpha value is -1.67. The fourth-order valence-corrected chi connectivity index (χ4v) is 5.21. The zero-order valence-corrected chi connectivity index (χ0v) is 15.4. The molecule has 0 aliphatic carbocycles. The van der Waals surface area contributed by atoms with Crippen molar-refractivity contribution in [1.29, 1.82) is 0 Å². The van der Waals surface area contributed by atoms with Gasteiger partial charge in [0.25, 0.3) is 5.56 Å². The van der Waals surface area contributed by atoms with Gasteiger partial charge in [0.15, 0.2) is 0 Å². The molecular weight excluding hydrogens is 342 g/mol. The van der Waals surface area contributed by atoms with Crippen molar-refractivity contribution in [2.45, 2.75) is 56.5 Å². The molecule has 2 fully saturated rings. The number of carbonyl (C=O) groups excluding carboxylic acids is 1. The van der Waals surface area contributed by atoms with Gasteiger partial charge >= 0.3 is 0 Å². The third-order valence-corrected chi connectivity index (χ3v) is 7.01. The van der Waals surface area contributed by atoms with Gasteiger partial charge in [0, 0.05) is 31.9 Å². The van der Waals surface area contributed by atoms with E-state index in [2.05, 4.69) is 0 Å². The summed E-state index contributed by atoms with van der Waals surface area (Å²) in [4.78, 5) is 26.8. The Bertz CT molecular complexity index is 796. The fourth-order valence-electron chi connectivity index (χ4n) is 3.61. The fraction of sp³-hybridized carbons (Fsp3) is 0.647. The molecule has 0 unspecified atom stereocenters. The third-order valence-electron chi connectivity index (χ3n) is 5.10. The number of rotatable bonds is 4. The molecule has 3 heterocycles. The van der Waals surface area contributed by atoms with E-state index in [0.29, 0.717) is 19.6 Å². The van der Waals surface area contributed by atoms with Gasteiger partial charge in [0.05, 0.1) is 0 Å². The first-order valence-corrected chi connectivity index (χ1v) is 10.3. The van der Waals surface area contributed by atoms with Crippen LogP contribution in [0.15, 0.2) is 28.0 Å². The van der Waals surface area contributed by atoms with Crippen LogP contribution in [0.2, 0.25) is 0 Å². The molecule has 0 aromatic carbocycles. The number of aromatic nitrogens is 1. The molecule has 25 heavy (non-hydrogen) atoms. The molecule has 0 saturated carbocycles. The second-order valence-corrected chi connectivity index (χ2v) is 8.75. The summed E-state index contributed by atoms with van der Waals surface area (Å²) < 4.78 is 27.9. The number of hydrogen-bond acceptors (Lipinski definition) is 4. The van der Waals surface area contributed by atoms with Crippen molar-refractivity contribution in [2.24, 2.45) is 0 Å². The Balaban J connectivity index is 1.84. The van der Waals surface area contributed by atoms with Crippen molar-refractivity contribution in [3.8, 4) is 0 Å². The van der Waals surface area contributed by atoms with E-state index in [-0.39, 0.29) is 23.4 Å². The van der Waals surface area contributed by atoms with Gasteiger partial charge < -0.3 is 9.47 Å². The zero-order chi connectivity index (χ0) is 18.0. The average Bonchev–Trinajstić information content (AvgIpc) is 3.12. The number of piperidine rings is 1. The summed E-state index contributed by atoms with van der Waals surface area (Å²) in [5, 5.41) is 0. The quantitative estimate of drug-likeness (QED) is 0.796. The lowest BCUT2D eigenvalue weighted by atomic mass is 10.0. The smallest absolute Gasteiger partial charge is 0.271 e. The van der Waals surface area contributed by atoms with Crippen LogP contribution in [0.5, 0.6) is 0 Å². The topological polar surface area (TPSA) is 79.7 Å². The molecule has 1 aromatic heterocycles. The summed E-state index contributed by atoms with van der Waals surface area (Å²) in [5.41, 5.74) is -0.618. The van der Waals surface area contributed by atoms with Crippen LogP contribution in [0.25, 0.3) is 0 Å². The number of pyridine rings is 1. The number of sulfonamides is 1. The van der Waals surface area contributed by atoms with Gasteiger partial charge in [-0.15, -0.1) is 0 Å². The van der Waals surface area contributed by atoms with Crippen LogP contribution < -0.4 is 5.56 Å². The molecule has 8 heteroatoms. The normalized spacial score (nSPS) is 22.3. The largest absolute Gasteiger partial charge is 0.338 e. The van der Waals surface area contributed by atoms with Crippen molar-refractivity contribution in [3.63, 3.8) is 0 Å². The zero-order valence-electron chi connectivity index (χ0n) is 14.6. The van der Waals surface area contributed by atoms with E-state index >= 15 is 0 Å². The maximum absolute atomic E-state index is 12.7. The molecule has 2 aliphatic rings. The summed E-state index contributed by atoms with van der Waals surface area (Å²) in [6.07, 6.45) is 6.14. The standard InChI is InChI=1S/C17H25N3O4S/c1-14-7-2-3-12-20(14)16(21)13-18-9-6-8-15(17(18)22)25(23,24)19-10-4-5-11-19/h6,8-9,14H,2-5,7,10-13H2,1H3/t14-/m0/s1. The highest BCUT2D eigenvalue weighted by Crippen LogP contribution is 2.19. The highest BCUT2D eigenvalue weighted by atomic mass is 32.2. The molecule has 138 valence electrons. The minimum Gasteiger partial charge on any atom is -0.338 e. The predicted octanol–water partition coefficient (Wildman–Crippen LogP) is 1.03. The molecule has 3 rings (SSSR count). The number of amides is 1. The first-order valence-electron chi connectivity index (χ1n) is 8.90. The predicted molar refractivity (Wildman–Crippen MR) is 93.7 cm³/mol. The van der Waals surface area contributed by atoms with Gasteiger partial charge in [-0.1, -0.05) is 0 Å². The van der Waals surface area contributed by atoms with Gasteiger partial charge in [-0.05, 0) is 51.2 Å². The SMILES string of the molecule is C[C@H]1CCCCN1C(=O)Cn1cccc(S(=O)(=O)N2CCCC2)c1=O. The first-order chi connectivity index (χ1) is 11.9. The molecule has 0 bridgehead atoms. The molecule has 0 N–H and O–H groups in total. The number of nitrogens with zero attached hydrogens (tertiary/aromatic N) is 3. The Labute approximate surface area is 148 Å². The van der Waals surface area contributed by atoms with Crippen LogP contribution in [-0.4, -0.2) is 53.8 Å². The third kappa shape index (κ3) is 3.64. The van der Waals surface area contributed by atoms with Crippen LogP contribution in [0.4, 0.5) is 0 Å². The van der Waals surface area contributed by atoms with Crippen LogP contribution in [-0.2, 0) is 21.4 Å². The van der Waals surface area contributed by atoms with Gasteiger partial charge in [0.1, 0.15) is 11.4 Å². The maximum Gasteiger partial charge on any atom is 0.271 e. The summed E-state index contributed by atoms with van der Waals surface area (Å²) in [7, 11) is -3.79. The minimum absolute atomic E-state index is 0.119. The van der Waals surface area contributed by atoms with E-state index in [1.165, 1.54) is 27.2 Å². The highest BCUT2D eigenvalue weighted by molar-refractivity contribution is 7.89. The summed E-state index contributed by atoms with van der Waals surface area (Å²) in [5.74, 6) is -0.134. The average molecular weight is 367 g/mol. The van der Waals surface area contributed by atoms with Crippen molar-refractivity contribution in [2.75, 3.05) is 19.6 Å². The van der Waals surface area contributed by atoms with E-state index in [1.807, 2.05) is 6.92 Å². The Morgan fingerprint density at radius 1 is 1.16 bits per heavy atom. The number of likely N-dealkylation sites (tertiary alicyclic amines) is 1. The summed E-state index contributed by atoms with van der Waals surface area (Å²) in [6.45, 7) is 3.48. The lowest BCUT2D eigenvalue weighted by molar-refractivity contribution is -0.135. The Kier molecular flexibility index (Phi) is 5.29. The van der Waals surface area contributed by atoms with Crippen LogP contribution >= 0.6 is 0 Å². The number of hydrogen-bond donors (Lipinski definition) is 0. The van der Waals surface area contributed by atoms with Crippen molar-refractivity contribution >= 4 is 15.9 Å². The monoisotopic (exact) mass is 367 g/mol. The second-order valence-electron chi connectivity index (χ2n) is 6.85. The van der Waals surface area contributed by atoms with E-state index in [0.717, 1.165) is 32.1 Å². The molecule has 0 spiro atoms. The molecule has 0 radical (unpaired) electrons. The Morgan fingerprint density at radius 3 is 2.52 bits per heavy atom. The maximum atomic E-state index is 12.7. The van der Waals surface area contributed by atoms with Crippen LogP contribution in [0, 0.1) is 0 Å². The van der Waals surface area contributed by atoms with Gasteiger partial charge in [-0.2, -0.15) is 4.31 Å². The van der Waals surface area contributed by atoms with Gasteiger partial charge in [0.2, 0.25) is 15.9 Å². The lowest BCUT2D eigenvalue weighted by Gasteiger charge is -2.33. The molecule has 2 aliphatic heterocycles. The van der Waals surface area contributed by atoms with E-state index < -0.39 is 15.6 Å². The van der Waals surface area contributed by atoms with Crippen molar-refractivity contribution in [1.82, 2.24) is 13.8 Å². The van der Waals surface area contributed by atoms with Crippen molar-refractivity contribution < 1.29 is 13.2 Å². The minimum atomic E-state index is -3.79. The van der Waals surface area contributed by atoms with Gasteiger partial charge in [-0.3, -0.25) is 9.59 Å². The summed E-state index contributed by atoms with van der Waals surface area (Å²) in [6, 6.07) is 3.02. The van der Waals surface area contributed by atoms with E-state index in [4.69, 9.17) is 0 Å². The first kappa shape index (κ1) is 18.1. The van der Waals surface area contributed by atoms with E-state index in [1.54, 1.807) is 4.90 Å². The molecule has 1 amide bonds. The molecule has 1 aromatic rings. The van der Waals surface area contributed by atoms with Gasteiger partial charge in [-0.25, -0.2) is 8.42 Å². The Morgan fingerprint density at radius 2 is 1.84 bits per heavy atom. The molecular formula is C17H25N3O4S. The van der Waals surface area contributed by atoms with Crippen LogP contribution in [0.3, 0.4) is 0 Å². The lowest BCUT2D eigenvalue weighted by Crippen LogP contribution is -2.45.